The molecule has 0 saturated heterocycles. The fourth-order valence-corrected chi connectivity index (χ4v) is 5.55. The molecule has 0 bridgehead atoms. The zero-order valence-electron chi connectivity index (χ0n) is 23.5. The summed E-state index contributed by atoms with van der Waals surface area (Å²) in [5.74, 6) is -0.826. The van der Waals surface area contributed by atoms with Crippen molar-refractivity contribution in [3.05, 3.63) is 66.1 Å². The predicted molar refractivity (Wildman–Crippen MR) is 152 cm³/mol. The summed E-state index contributed by atoms with van der Waals surface area (Å²) in [6.07, 6.45) is 6.84. The molecule has 42 heavy (non-hydrogen) atoms. The number of nitriles is 1. The first-order valence-electron chi connectivity index (χ1n) is 13.8. The molecule has 1 aromatic carbocycles. The third-order valence-corrected chi connectivity index (χ3v) is 7.47. The lowest BCUT2D eigenvalue weighted by molar-refractivity contribution is -0.0198. The Labute approximate surface area is 242 Å². The number of rotatable bonds is 11. The van der Waals surface area contributed by atoms with Crippen LogP contribution in [0.1, 0.15) is 37.7 Å². The van der Waals surface area contributed by atoms with Crippen LogP contribution in [0, 0.1) is 28.9 Å². The van der Waals surface area contributed by atoms with E-state index in [1.54, 1.807) is 30.7 Å². The van der Waals surface area contributed by atoms with E-state index in [4.69, 9.17) is 25.2 Å². The van der Waals surface area contributed by atoms with Gasteiger partial charge in [-0.1, -0.05) is 6.92 Å². The lowest BCUT2D eigenvalue weighted by Crippen LogP contribution is -2.46. The highest BCUT2D eigenvalue weighted by atomic mass is 19.1. The first-order chi connectivity index (χ1) is 20.4. The lowest BCUT2D eigenvalue weighted by Gasteiger charge is -2.39. The van der Waals surface area contributed by atoms with Crippen molar-refractivity contribution in [2.24, 2.45) is 11.7 Å². The molecule has 10 nitrogen and oxygen atoms in total. The zero-order chi connectivity index (χ0) is 29.6. The Kier molecular flexibility index (Phi) is 9.22. The Morgan fingerprint density at radius 1 is 1.12 bits per heavy atom. The van der Waals surface area contributed by atoms with Crippen molar-refractivity contribution in [3.63, 3.8) is 0 Å². The molecule has 1 fully saturated rings. The average molecular weight is 578 g/mol. The highest BCUT2D eigenvalue weighted by Gasteiger charge is 2.35. The number of benzene rings is 1. The number of ether oxygens (including phenoxy) is 3. The van der Waals surface area contributed by atoms with E-state index in [-0.39, 0.29) is 47.6 Å². The third-order valence-electron chi connectivity index (χ3n) is 7.47. The van der Waals surface area contributed by atoms with Crippen molar-refractivity contribution < 1.29 is 23.0 Å². The number of nitrogens with two attached hydrogens (primary N) is 1. The summed E-state index contributed by atoms with van der Waals surface area (Å²) in [5, 5.41) is 16.7. The zero-order valence-corrected chi connectivity index (χ0v) is 23.5. The van der Waals surface area contributed by atoms with Gasteiger partial charge in [0, 0.05) is 31.5 Å². The molecule has 0 radical (unpaired) electrons. The van der Waals surface area contributed by atoms with Crippen molar-refractivity contribution in [3.8, 4) is 23.1 Å². The maximum atomic E-state index is 15.0. The van der Waals surface area contributed by atoms with Crippen LogP contribution in [-0.4, -0.2) is 58.7 Å². The van der Waals surface area contributed by atoms with Crippen molar-refractivity contribution in [2.45, 2.75) is 44.2 Å². The third kappa shape index (κ3) is 6.33. The van der Waals surface area contributed by atoms with Crippen LogP contribution in [0.4, 0.5) is 20.4 Å². The van der Waals surface area contributed by atoms with Gasteiger partial charge in [-0.2, -0.15) is 14.9 Å². The van der Waals surface area contributed by atoms with Crippen molar-refractivity contribution in [2.75, 3.05) is 32.2 Å². The fourth-order valence-electron chi connectivity index (χ4n) is 5.55. The van der Waals surface area contributed by atoms with Gasteiger partial charge in [0.05, 0.1) is 66.7 Å². The average Bonchev–Trinajstić information content (AvgIpc) is 3.36. The summed E-state index contributed by atoms with van der Waals surface area (Å²) in [4.78, 5) is 8.77. The summed E-state index contributed by atoms with van der Waals surface area (Å²) in [6.45, 7) is 2.94. The molecule has 3 heterocycles. The number of hydrogen-bond donors (Lipinski definition) is 2. The molecule has 0 spiro atoms. The van der Waals surface area contributed by atoms with E-state index in [9.17, 15) is 0 Å². The molecule has 3 N–H and O–H groups in total. The van der Waals surface area contributed by atoms with Crippen molar-refractivity contribution >= 4 is 17.2 Å². The molecule has 1 aliphatic carbocycles. The van der Waals surface area contributed by atoms with E-state index < -0.39 is 11.6 Å². The van der Waals surface area contributed by atoms with Crippen LogP contribution in [0.3, 0.4) is 0 Å². The minimum Gasteiger partial charge on any atom is -0.491 e. The molecule has 0 amide bonds. The first-order valence-corrected chi connectivity index (χ1v) is 13.8. The minimum atomic E-state index is -0.795. The fraction of sp³-hybridized carbons (Fsp3) is 0.400. The molecule has 0 unspecified atom stereocenters. The largest absolute Gasteiger partial charge is 0.491 e. The van der Waals surface area contributed by atoms with E-state index in [0.717, 1.165) is 29.8 Å². The number of methoxy groups -OCH3 is 1. The van der Waals surface area contributed by atoms with Crippen molar-refractivity contribution in [1.82, 2.24) is 19.6 Å². The van der Waals surface area contributed by atoms with Gasteiger partial charge in [0.1, 0.15) is 24.0 Å². The van der Waals surface area contributed by atoms with Crippen LogP contribution in [-0.2, 0) is 9.47 Å². The molecule has 5 rings (SSSR count). The van der Waals surface area contributed by atoms with Crippen LogP contribution < -0.4 is 15.8 Å². The molecule has 4 aromatic rings. The van der Waals surface area contributed by atoms with E-state index in [1.165, 1.54) is 11.6 Å². The minimum absolute atomic E-state index is 0.0674. The predicted octanol–water partition coefficient (Wildman–Crippen LogP) is 4.98. The number of aromatic nitrogens is 4. The normalized spacial score (nSPS) is 20.4. The van der Waals surface area contributed by atoms with Gasteiger partial charge < -0.3 is 25.3 Å². The van der Waals surface area contributed by atoms with Crippen LogP contribution in [0.15, 0.2) is 48.9 Å². The van der Waals surface area contributed by atoms with Gasteiger partial charge in [-0.25, -0.2) is 13.8 Å². The highest BCUT2D eigenvalue weighted by Crippen LogP contribution is 2.40. The van der Waals surface area contributed by atoms with E-state index in [0.29, 0.717) is 37.5 Å². The quantitative estimate of drug-likeness (QED) is 0.237. The van der Waals surface area contributed by atoms with Gasteiger partial charge >= 0.3 is 0 Å². The number of hydrogen-bond acceptors (Lipinski definition) is 9. The van der Waals surface area contributed by atoms with Crippen LogP contribution in [0.2, 0.25) is 0 Å². The molecule has 3 aromatic heterocycles. The molecular formula is C30H33F2N7O3. The van der Waals surface area contributed by atoms with Gasteiger partial charge in [-0.3, -0.25) is 4.98 Å². The number of nitrogens with one attached hydrogen (secondary N) is 1. The van der Waals surface area contributed by atoms with E-state index in [1.807, 2.05) is 6.07 Å². The maximum absolute atomic E-state index is 15.0. The van der Waals surface area contributed by atoms with Crippen molar-refractivity contribution in [1.29, 1.82) is 5.26 Å². The molecule has 4 atom stereocenters. The molecular weight excluding hydrogens is 544 g/mol. The lowest BCUT2D eigenvalue weighted by atomic mass is 9.74. The standard InChI is InChI=1S/C30H33F2N7O3/c1-18-12-19(13-25(34)29(18)42-9-3-7-33)22-6-8-35-17-27(22)37-30-36-16-20-4-5-26(38-39(20)30)28-23(31)14-21(15-24(28)32)41-11-10-40-2/h4-6,8,14-19,25,29H,3,9-13,34H2,1-2H3,(H,36,37)/t18-,19+,25+,29-/m0/s1. The maximum Gasteiger partial charge on any atom is 0.229 e. The van der Waals surface area contributed by atoms with Gasteiger partial charge in [0.2, 0.25) is 5.95 Å². The van der Waals surface area contributed by atoms with Gasteiger partial charge in [-0.15, -0.1) is 0 Å². The molecule has 1 saturated carbocycles. The monoisotopic (exact) mass is 577 g/mol. The number of nitrogens with zero attached hydrogens (tertiary/aromatic N) is 5. The van der Waals surface area contributed by atoms with Crippen LogP contribution in [0.25, 0.3) is 16.8 Å². The second-order valence-electron chi connectivity index (χ2n) is 10.4. The number of halogens is 2. The number of fused-ring (bicyclic) bond motifs is 1. The Morgan fingerprint density at radius 3 is 2.67 bits per heavy atom. The van der Waals surface area contributed by atoms with E-state index >= 15 is 8.78 Å². The first kappa shape index (κ1) is 29.3. The summed E-state index contributed by atoms with van der Waals surface area (Å²) in [7, 11) is 1.52. The number of imidazole rings is 1. The number of anilines is 2. The number of pyridine rings is 1. The highest BCUT2D eigenvalue weighted by molar-refractivity contribution is 5.66. The second kappa shape index (κ2) is 13.2. The molecule has 1 aliphatic rings. The Morgan fingerprint density at radius 2 is 1.93 bits per heavy atom. The molecule has 0 aliphatic heterocycles. The summed E-state index contributed by atoms with van der Waals surface area (Å²) in [6, 6.07) is 9.37. The summed E-state index contributed by atoms with van der Waals surface area (Å²) >= 11 is 0. The van der Waals surface area contributed by atoms with Crippen LogP contribution in [0.5, 0.6) is 5.75 Å². The van der Waals surface area contributed by atoms with Crippen LogP contribution >= 0.6 is 0 Å². The van der Waals surface area contributed by atoms with E-state index in [2.05, 4.69) is 33.4 Å². The smallest absolute Gasteiger partial charge is 0.229 e. The van der Waals surface area contributed by atoms with Gasteiger partial charge in [0.15, 0.2) is 0 Å². The van der Waals surface area contributed by atoms with Gasteiger partial charge in [-0.05, 0) is 48.4 Å². The van der Waals surface area contributed by atoms with Gasteiger partial charge in [0.25, 0.3) is 0 Å². The summed E-state index contributed by atoms with van der Waals surface area (Å²) < 4.78 is 47.8. The topological polar surface area (TPSA) is 133 Å². The Hall–Kier alpha value is -4.18. The second-order valence-corrected chi connectivity index (χ2v) is 10.4. The molecule has 12 heteroatoms. The Balaban J connectivity index is 1.39. The SMILES string of the molecule is COCCOc1cc(F)c(-c2ccc3cnc(Nc4cnccc4[C@H]4C[C@@H](N)[C@@H](OCCC#N)[C@@H](C)C4)n3n2)c(F)c1. The molecule has 220 valence electrons. The summed E-state index contributed by atoms with van der Waals surface area (Å²) in [5.41, 5.74) is 8.76. The Bertz CT molecular complexity index is 1540.